The van der Waals surface area contributed by atoms with Crippen LogP contribution in [0, 0.1) is 0 Å². The average Bonchev–Trinajstić information content (AvgIpc) is 2.55. The number of carbonyl (C=O) groups excluding carboxylic acids is 2. The largest absolute Gasteiger partial charge is 0.452 e. The lowest BCUT2D eigenvalue weighted by molar-refractivity contribution is -0.119. The lowest BCUT2D eigenvalue weighted by Gasteiger charge is -2.11. The van der Waals surface area contributed by atoms with Crippen LogP contribution in [0.2, 0.25) is 0 Å². The first kappa shape index (κ1) is 16.4. The summed E-state index contributed by atoms with van der Waals surface area (Å²) in [6.45, 7) is -3.56. The van der Waals surface area contributed by atoms with Gasteiger partial charge in [-0.25, -0.2) is 4.79 Å². The Bertz CT molecular complexity index is 677. The van der Waals surface area contributed by atoms with Gasteiger partial charge in [0.25, 0.3) is 5.91 Å². The number of anilines is 1. The van der Waals surface area contributed by atoms with Gasteiger partial charge in [-0.05, 0) is 24.3 Å². The zero-order valence-electron chi connectivity index (χ0n) is 11.9. The van der Waals surface area contributed by atoms with Crippen LogP contribution in [-0.2, 0) is 9.53 Å². The van der Waals surface area contributed by atoms with E-state index in [1.54, 1.807) is 36.4 Å². The first-order chi connectivity index (χ1) is 11.1. The fraction of sp³-hybridized carbons (Fsp3) is 0.125. The SMILES string of the molecule is O=C(COC(=O)c1ccccc1)Nc1ccccc1OC(F)F. The molecule has 0 aliphatic rings. The van der Waals surface area contributed by atoms with E-state index in [0.717, 1.165) is 0 Å². The van der Waals surface area contributed by atoms with E-state index in [2.05, 4.69) is 10.1 Å². The Morgan fingerprint density at radius 2 is 1.65 bits per heavy atom. The van der Waals surface area contributed by atoms with Crippen molar-refractivity contribution in [3.05, 3.63) is 60.2 Å². The number of ether oxygens (including phenoxy) is 2. The van der Waals surface area contributed by atoms with Crippen molar-refractivity contribution in [2.75, 3.05) is 11.9 Å². The van der Waals surface area contributed by atoms with Gasteiger partial charge >= 0.3 is 12.6 Å². The molecule has 0 bridgehead atoms. The van der Waals surface area contributed by atoms with Gasteiger partial charge in [0.15, 0.2) is 6.61 Å². The number of rotatable bonds is 6. The Kier molecular flexibility index (Phi) is 5.62. The minimum Gasteiger partial charge on any atom is -0.452 e. The predicted octanol–water partition coefficient (Wildman–Crippen LogP) is 3.08. The molecule has 2 rings (SSSR count). The van der Waals surface area contributed by atoms with E-state index >= 15 is 0 Å². The highest BCUT2D eigenvalue weighted by molar-refractivity contribution is 5.96. The Morgan fingerprint density at radius 1 is 1.00 bits per heavy atom. The summed E-state index contributed by atoms with van der Waals surface area (Å²) < 4.78 is 33.7. The number of hydrogen-bond acceptors (Lipinski definition) is 4. The van der Waals surface area contributed by atoms with Crippen LogP contribution in [0.25, 0.3) is 0 Å². The highest BCUT2D eigenvalue weighted by Crippen LogP contribution is 2.25. The van der Waals surface area contributed by atoms with Crippen LogP contribution in [0.5, 0.6) is 5.75 Å². The molecule has 0 radical (unpaired) electrons. The van der Waals surface area contributed by atoms with Gasteiger partial charge in [0.05, 0.1) is 11.3 Å². The zero-order chi connectivity index (χ0) is 16.7. The molecule has 0 aromatic heterocycles. The molecule has 0 aliphatic heterocycles. The second-order valence-corrected chi connectivity index (χ2v) is 4.36. The topological polar surface area (TPSA) is 64.6 Å². The molecule has 0 heterocycles. The van der Waals surface area contributed by atoms with E-state index in [1.165, 1.54) is 18.2 Å². The number of esters is 1. The van der Waals surface area contributed by atoms with Gasteiger partial charge in [0, 0.05) is 0 Å². The third kappa shape index (κ3) is 5.06. The molecule has 0 saturated heterocycles. The number of benzene rings is 2. The number of hydrogen-bond donors (Lipinski definition) is 1. The second-order valence-electron chi connectivity index (χ2n) is 4.36. The monoisotopic (exact) mass is 321 g/mol. The molecule has 0 saturated carbocycles. The van der Waals surface area contributed by atoms with Crippen molar-refractivity contribution in [3.8, 4) is 5.75 Å². The Morgan fingerprint density at radius 3 is 2.35 bits per heavy atom. The third-order valence-corrected chi connectivity index (χ3v) is 2.72. The maximum absolute atomic E-state index is 12.3. The fourth-order valence-electron chi connectivity index (χ4n) is 1.74. The standard InChI is InChI=1S/C16H13F2NO4/c17-16(18)23-13-9-5-4-8-12(13)19-14(20)10-22-15(21)11-6-2-1-3-7-11/h1-9,16H,10H2,(H,19,20). The van der Waals surface area contributed by atoms with Crippen LogP contribution < -0.4 is 10.1 Å². The van der Waals surface area contributed by atoms with Crippen molar-refractivity contribution in [2.24, 2.45) is 0 Å². The van der Waals surface area contributed by atoms with Gasteiger partial charge in [-0.1, -0.05) is 30.3 Å². The molecule has 5 nitrogen and oxygen atoms in total. The van der Waals surface area contributed by atoms with Crippen LogP contribution in [0.4, 0.5) is 14.5 Å². The normalized spacial score (nSPS) is 10.2. The summed E-state index contributed by atoms with van der Waals surface area (Å²) >= 11 is 0. The number of nitrogens with one attached hydrogen (secondary N) is 1. The van der Waals surface area contributed by atoms with Crippen molar-refractivity contribution in [1.29, 1.82) is 0 Å². The van der Waals surface area contributed by atoms with Gasteiger partial charge in [-0.2, -0.15) is 8.78 Å². The highest BCUT2D eigenvalue weighted by Gasteiger charge is 2.13. The van der Waals surface area contributed by atoms with Crippen molar-refractivity contribution < 1.29 is 27.8 Å². The molecule has 23 heavy (non-hydrogen) atoms. The first-order valence-corrected chi connectivity index (χ1v) is 6.62. The molecule has 1 N–H and O–H groups in total. The van der Waals surface area contributed by atoms with Gasteiger partial charge in [-0.3, -0.25) is 4.79 Å². The summed E-state index contributed by atoms with van der Waals surface area (Å²) in [6, 6.07) is 13.9. The van der Waals surface area contributed by atoms with Crippen LogP contribution in [0.1, 0.15) is 10.4 Å². The van der Waals surface area contributed by atoms with Crippen LogP contribution in [-0.4, -0.2) is 25.1 Å². The Hall–Kier alpha value is -2.96. The first-order valence-electron chi connectivity index (χ1n) is 6.62. The Balaban J connectivity index is 1.91. The van der Waals surface area contributed by atoms with Crippen LogP contribution in [0.15, 0.2) is 54.6 Å². The van der Waals surface area contributed by atoms with Gasteiger partial charge in [0.1, 0.15) is 5.75 Å². The summed E-state index contributed by atoms with van der Waals surface area (Å²) in [5.41, 5.74) is 0.371. The van der Waals surface area contributed by atoms with Crippen molar-refractivity contribution >= 4 is 17.6 Å². The highest BCUT2D eigenvalue weighted by atomic mass is 19.3. The summed E-state index contributed by atoms with van der Waals surface area (Å²) in [5.74, 6) is -1.50. The molecule has 1 amide bonds. The minimum absolute atomic E-state index is 0.0635. The maximum Gasteiger partial charge on any atom is 0.387 e. The van der Waals surface area contributed by atoms with Crippen LogP contribution >= 0.6 is 0 Å². The number of para-hydroxylation sites is 2. The predicted molar refractivity (Wildman–Crippen MR) is 78.4 cm³/mol. The maximum atomic E-state index is 12.3. The van der Waals surface area contributed by atoms with Crippen molar-refractivity contribution in [1.82, 2.24) is 0 Å². The molecular formula is C16H13F2NO4. The lowest BCUT2D eigenvalue weighted by atomic mass is 10.2. The zero-order valence-corrected chi connectivity index (χ0v) is 11.9. The second kappa shape index (κ2) is 7.88. The number of amides is 1. The minimum atomic E-state index is -3.01. The van der Waals surface area contributed by atoms with E-state index in [4.69, 9.17) is 4.74 Å². The van der Waals surface area contributed by atoms with Crippen molar-refractivity contribution in [2.45, 2.75) is 6.61 Å². The molecule has 0 fully saturated rings. The molecule has 2 aromatic rings. The summed E-state index contributed by atoms with van der Waals surface area (Å²) in [5, 5.41) is 2.35. The van der Waals surface area contributed by atoms with Gasteiger partial charge < -0.3 is 14.8 Å². The molecule has 0 spiro atoms. The van der Waals surface area contributed by atoms with E-state index < -0.39 is 25.1 Å². The lowest BCUT2D eigenvalue weighted by Crippen LogP contribution is -2.21. The summed E-state index contributed by atoms with van der Waals surface area (Å²) in [7, 11) is 0. The van der Waals surface area contributed by atoms with Gasteiger partial charge in [0.2, 0.25) is 0 Å². The van der Waals surface area contributed by atoms with Gasteiger partial charge in [-0.15, -0.1) is 0 Å². The quantitative estimate of drug-likeness (QED) is 0.831. The Labute approximate surface area is 130 Å². The summed E-state index contributed by atoms with van der Waals surface area (Å²) in [6.07, 6.45) is 0. The average molecular weight is 321 g/mol. The number of carbonyl (C=O) groups is 2. The molecule has 0 aliphatic carbocycles. The molecule has 0 atom stereocenters. The molecular weight excluding hydrogens is 308 g/mol. The third-order valence-electron chi connectivity index (χ3n) is 2.72. The van der Waals surface area contributed by atoms with E-state index in [1.807, 2.05) is 0 Å². The molecule has 0 unspecified atom stereocenters. The van der Waals surface area contributed by atoms with E-state index in [9.17, 15) is 18.4 Å². The molecule has 7 heteroatoms. The molecule has 120 valence electrons. The van der Waals surface area contributed by atoms with Crippen molar-refractivity contribution in [3.63, 3.8) is 0 Å². The number of alkyl halides is 2. The summed E-state index contributed by atoms with van der Waals surface area (Å²) in [4.78, 5) is 23.4. The molecule has 2 aromatic carbocycles. The van der Waals surface area contributed by atoms with E-state index in [0.29, 0.717) is 5.56 Å². The van der Waals surface area contributed by atoms with Crippen LogP contribution in [0.3, 0.4) is 0 Å². The van der Waals surface area contributed by atoms with E-state index in [-0.39, 0.29) is 11.4 Å². The number of halogens is 2. The fourth-order valence-corrected chi connectivity index (χ4v) is 1.74. The smallest absolute Gasteiger partial charge is 0.387 e.